The van der Waals surface area contributed by atoms with Gasteiger partial charge in [-0.2, -0.15) is 4.39 Å². The molecule has 3 heterocycles. The number of nitrogens with zero attached hydrogens (tertiary/aromatic N) is 3. The van der Waals surface area contributed by atoms with E-state index < -0.39 is 5.95 Å². The zero-order valence-corrected chi connectivity index (χ0v) is 12.0. The van der Waals surface area contributed by atoms with E-state index in [1.165, 1.54) is 11.3 Å². The summed E-state index contributed by atoms with van der Waals surface area (Å²) >= 11 is 5.03. The predicted octanol–water partition coefficient (Wildman–Crippen LogP) is 2.54. The van der Waals surface area contributed by atoms with Gasteiger partial charge in [-0.3, -0.25) is 4.90 Å². The third-order valence-electron chi connectivity index (χ3n) is 3.53. The number of hydrogen-bond acceptors (Lipinski definition) is 4. The van der Waals surface area contributed by atoms with Gasteiger partial charge in [0.1, 0.15) is 0 Å². The van der Waals surface area contributed by atoms with E-state index in [0.29, 0.717) is 10.3 Å². The number of fused-ring (bicyclic) bond motifs is 1. The molecular formula is C14H15FN4S. The van der Waals surface area contributed by atoms with Crippen LogP contribution in [0.3, 0.4) is 0 Å². The van der Waals surface area contributed by atoms with Crippen molar-refractivity contribution in [3.05, 3.63) is 51.6 Å². The number of halogens is 1. The van der Waals surface area contributed by atoms with Gasteiger partial charge >= 0.3 is 0 Å². The van der Waals surface area contributed by atoms with Crippen LogP contribution in [0.15, 0.2) is 18.5 Å². The van der Waals surface area contributed by atoms with Crippen LogP contribution >= 0.6 is 12.2 Å². The van der Waals surface area contributed by atoms with E-state index in [0.717, 1.165) is 31.6 Å². The molecule has 3 rings (SSSR count). The Bertz CT molecular complexity index is 698. The second-order valence-corrected chi connectivity index (χ2v) is 5.49. The van der Waals surface area contributed by atoms with Gasteiger partial charge < -0.3 is 4.98 Å². The molecule has 0 atom stereocenters. The largest absolute Gasteiger partial charge is 0.334 e. The van der Waals surface area contributed by atoms with Gasteiger partial charge in [0.05, 0.1) is 0 Å². The molecule has 4 nitrogen and oxygen atoms in total. The van der Waals surface area contributed by atoms with Crippen LogP contribution in [0.25, 0.3) is 0 Å². The van der Waals surface area contributed by atoms with Crippen LogP contribution in [-0.2, 0) is 19.5 Å². The first-order valence-electron chi connectivity index (χ1n) is 6.52. The third-order valence-corrected chi connectivity index (χ3v) is 3.74. The summed E-state index contributed by atoms with van der Waals surface area (Å²) in [7, 11) is 0. The van der Waals surface area contributed by atoms with E-state index in [9.17, 15) is 4.39 Å². The average molecular weight is 290 g/mol. The predicted molar refractivity (Wildman–Crippen MR) is 76.2 cm³/mol. The first-order valence-corrected chi connectivity index (χ1v) is 6.93. The number of pyridine rings is 1. The minimum atomic E-state index is -0.394. The van der Waals surface area contributed by atoms with Gasteiger partial charge in [0.25, 0.3) is 0 Å². The molecule has 0 fully saturated rings. The minimum absolute atomic E-state index is 0.394. The molecule has 2 aromatic rings. The molecule has 0 saturated heterocycles. The van der Waals surface area contributed by atoms with E-state index >= 15 is 0 Å². The minimum Gasteiger partial charge on any atom is -0.334 e. The Hall–Kier alpha value is -1.66. The summed E-state index contributed by atoms with van der Waals surface area (Å²) in [4.78, 5) is 13.3. The summed E-state index contributed by atoms with van der Waals surface area (Å²) in [6.07, 6.45) is 4.37. The Balaban J connectivity index is 1.75. The Kier molecular flexibility index (Phi) is 3.58. The van der Waals surface area contributed by atoms with E-state index in [4.69, 9.17) is 12.2 Å². The van der Waals surface area contributed by atoms with Crippen molar-refractivity contribution in [1.29, 1.82) is 0 Å². The lowest BCUT2D eigenvalue weighted by atomic mass is 10.1. The number of hydrogen-bond donors (Lipinski definition) is 1. The molecule has 0 unspecified atom stereocenters. The van der Waals surface area contributed by atoms with Crippen molar-refractivity contribution in [2.45, 2.75) is 26.4 Å². The van der Waals surface area contributed by atoms with Gasteiger partial charge in [-0.1, -0.05) is 0 Å². The van der Waals surface area contributed by atoms with Crippen molar-refractivity contribution in [1.82, 2.24) is 19.9 Å². The second-order valence-electron chi connectivity index (χ2n) is 5.10. The van der Waals surface area contributed by atoms with Crippen LogP contribution in [0.2, 0.25) is 0 Å². The highest BCUT2D eigenvalue weighted by molar-refractivity contribution is 7.71. The summed E-state index contributed by atoms with van der Waals surface area (Å²) in [6, 6.07) is 1.86. The molecule has 0 aliphatic carbocycles. The SMILES string of the molecule is Cc1cc(CN2CCc3[nH]c(=S)ncc3C2)cnc1F. The van der Waals surface area contributed by atoms with Gasteiger partial charge in [0.2, 0.25) is 5.95 Å². The molecule has 104 valence electrons. The molecule has 0 saturated carbocycles. The van der Waals surface area contributed by atoms with E-state index in [2.05, 4.69) is 19.9 Å². The molecule has 0 bridgehead atoms. The van der Waals surface area contributed by atoms with Crippen molar-refractivity contribution in [2.24, 2.45) is 0 Å². The molecule has 0 amide bonds. The average Bonchev–Trinajstić information content (AvgIpc) is 2.43. The highest BCUT2D eigenvalue weighted by Crippen LogP contribution is 2.18. The second kappa shape index (κ2) is 5.38. The summed E-state index contributed by atoms with van der Waals surface area (Å²) in [5.74, 6) is -0.394. The van der Waals surface area contributed by atoms with Gasteiger partial charge in [0, 0.05) is 55.3 Å². The Morgan fingerprint density at radius 2 is 2.25 bits per heavy atom. The molecule has 20 heavy (non-hydrogen) atoms. The van der Waals surface area contributed by atoms with Crippen LogP contribution < -0.4 is 0 Å². The first kappa shape index (κ1) is 13.3. The number of H-pyrrole nitrogens is 1. The molecule has 6 heteroatoms. The molecule has 0 radical (unpaired) electrons. The Morgan fingerprint density at radius 3 is 3.05 bits per heavy atom. The molecule has 1 aliphatic rings. The number of aromatic amines is 1. The van der Waals surface area contributed by atoms with Gasteiger partial charge in [0.15, 0.2) is 4.77 Å². The lowest BCUT2D eigenvalue weighted by molar-refractivity contribution is 0.242. The van der Waals surface area contributed by atoms with Crippen molar-refractivity contribution in [2.75, 3.05) is 6.54 Å². The standard InChI is InChI=1S/C14H15FN4S/c1-9-4-10(5-16-13(9)15)7-19-3-2-12-11(8-19)6-17-14(20)18-12/h4-6H,2-3,7-8H2,1H3,(H,17,18,20). The Morgan fingerprint density at radius 1 is 1.40 bits per heavy atom. The fourth-order valence-electron chi connectivity index (χ4n) is 2.50. The van der Waals surface area contributed by atoms with Crippen LogP contribution in [-0.4, -0.2) is 26.4 Å². The molecule has 1 aliphatic heterocycles. The quantitative estimate of drug-likeness (QED) is 0.682. The number of aromatic nitrogens is 3. The van der Waals surface area contributed by atoms with Crippen LogP contribution in [0.1, 0.15) is 22.4 Å². The molecule has 0 aromatic carbocycles. The van der Waals surface area contributed by atoms with E-state index in [1.807, 2.05) is 12.3 Å². The van der Waals surface area contributed by atoms with Gasteiger partial charge in [-0.05, 0) is 30.8 Å². The zero-order valence-electron chi connectivity index (χ0n) is 11.2. The lowest BCUT2D eigenvalue weighted by Gasteiger charge is -2.28. The highest BCUT2D eigenvalue weighted by atomic mass is 32.1. The normalized spacial score (nSPS) is 15.1. The number of nitrogens with one attached hydrogen (secondary N) is 1. The summed E-state index contributed by atoms with van der Waals surface area (Å²) in [6.45, 7) is 4.27. The lowest BCUT2D eigenvalue weighted by Crippen LogP contribution is -2.31. The van der Waals surface area contributed by atoms with Crippen molar-refractivity contribution in [3.8, 4) is 0 Å². The summed E-state index contributed by atoms with van der Waals surface area (Å²) in [5, 5.41) is 0. The van der Waals surface area contributed by atoms with Crippen LogP contribution in [0.4, 0.5) is 4.39 Å². The summed E-state index contributed by atoms with van der Waals surface area (Å²) < 4.78 is 13.7. The van der Waals surface area contributed by atoms with Gasteiger partial charge in [-0.15, -0.1) is 0 Å². The van der Waals surface area contributed by atoms with Crippen molar-refractivity contribution < 1.29 is 4.39 Å². The maximum absolute atomic E-state index is 13.2. The van der Waals surface area contributed by atoms with Crippen molar-refractivity contribution in [3.63, 3.8) is 0 Å². The van der Waals surface area contributed by atoms with Crippen LogP contribution in [0.5, 0.6) is 0 Å². The number of rotatable bonds is 2. The molecule has 1 N–H and O–H groups in total. The van der Waals surface area contributed by atoms with E-state index in [1.54, 1.807) is 13.1 Å². The topological polar surface area (TPSA) is 44.8 Å². The maximum atomic E-state index is 13.2. The van der Waals surface area contributed by atoms with E-state index in [-0.39, 0.29) is 0 Å². The smallest absolute Gasteiger partial charge is 0.215 e. The fraction of sp³-hybridized carbons (Fsp3) is 0.357. The van der Waals surface area contributed by atoms with Crippen molar-refractivity contribution >= 4 is 12.2 Å². The fourth-order valence-corrected chi connectivity index (χ4v) is 2.68. The van der Waals surface area contributed by atoms with Gasteiger partial charge in [-0.25, -0.2) is 9.97 Å². The maximum Gasteiger partial charge on any atom is 0.215 e. The first-order chi connectivity index (χ1) is 9.61. The summed E-state index contributed by atoms with van der Waals surface area (Å²) in [5.41, 5.74) is 3.97. The monoisotopic (exact) mass is 290 g/mol. The highest BCUT2D eigenvalue weighted by Gasteiger charge is 2.17. The molecule has 0 spiro atoms. The Labute approximate surface area is 121 Å². The zero-order chi connectivity index (χ0) is 14.1. The third kappa shape index (κ3) is 2.76. The molecule has 2 aromatic heterocycles. The molecular weight excluding hydrogens is 275 g/mol. The van der Waals surface area contributed by atoms with Crippen LogP contribution in [0, 0.1) is 17.6 Å². The number of aryl methyl sites for hydroxylation is 1.